The van der Waals surface area contributed by atoms with Gasteiger partial charge in [-0.1, -0.05) is 64.0 Å². The Morgan fingerprint density at radius 2 is 1.40 bits per heavy atom. The molecule has 5 heteroatoms. The molecule has 1 aliphatic rings. The Balaban J connectivity index is 2.37. The van der Waals surface area contributed by atoms with E-state index in [9.17, 15) is 14.4 Å². The van der Waals surface area contributed by atoms with Crippen LogP contribution in [-0.4, -0.2) is 24.6 Å². The molecule has 0 saturated heterocycles. The van der Waals surface area contributed by atoms with Gasteiger partial charge in [-0.05, 0) is 39.0 Å². The number of carbonyl (C=O) groups is 3. The van der Waals surface area contributed by atoms with E-state index in [0.29, 0.717) is 6.42 Å². The van der Waals surface area contributed by atoms with Crippen molar-refractivity contribution in [3.8, 4) is 0 Å². The van der Waals surface area contributed by atoms with E-state index in [1.54, 1.807) is 0 Å². The summed E-state index contributed by atoms with van der Waals surface area (Å²) in [6, 6.07) is 0. The number of methoxy groups -OCH3 is 1. The van der Waals surface area contributed by atoms with E-state index in [1.807, 2.05) is 0 Å². The van der Waals surface area contributed by atoms with Gasteiger partial charge in [0.15, 0.2) is 11.5 Å². The molecule has 30 heavy (non-hydrogen) atoms. The molecule has 0 atom stereocenters. The molecule has 0 bridgehead atoms. The van der Waals surface area contributed by atoms with Crippen molar-refractivity contribution in [2.24, 2.45) is 0 Å². The summed E-state index contributed by atoms with van der Waals surface area (Å²) in [4.78, 5) is 36.5. The van der Waals surface area contributed by atoms with Gasteiger partial charge in [0, 0.05) is 12.5 Å². The number of carbonyl (C=O) groups excluding carboxylic acids is 3. The Bertz CT molecular complexity index is 682. The fraction of sp³-hybridized carbons (Fsp3) is 0.640. The Hall–Kier alpha value is -2.17. The van der Waals surface area contributed by atoms with E-state index in [4.69, 9.17) is 9.47 Å². The molecule has 5 nitrogen and oxygen atoms in total. The molecule has 168 valence electrons. The van der Waals surface area contributed by atoms with Crippen molar-refractivity contribution in [1.82, 2.24) is 0 Å². The van der Waals surface area contributed by atoms with E-state index >= 15 is 0 Å². The number of Topliss-reactive ketones (excluding diaryl/α,β-unsaturated/α-hetero) is 2. The molecule has 0 heterocycles. The zero-order valence-corrected chi connectivity index (χ0v) is 19.2. The van der Waals surface area contributed by atoms with Crippen molar-refractivity contribution >= 4 is 17.5 Å². The van der Waals surface area contributed by atoms with Gasteiger partial charge < -0.3 is 9.47 Å². The molecule has 0 aromatic heterocycles. The van der Waals surface area contributed by atoms with Crippen molar-refractivity contribution in [2.45, 2.75) is 97.8 Å². The second-order valence-corrected chi connectivity index (χ2v) is 7.84. The third kappa shape index (κ3) is 8.68. The van der Waals surface area contributed by atoms with Crippen LogP contribution in [0.2, 0.25) is 0 Å². The van der Waals surface area contributed by atoms with Gasteiger partial charge in [0.1, 0.15) is 0 Å². The first kappa shape index (κ1) is 25.9. The summed E-state index contributed by atoms with van der Waals surface area (Å²) in [5.74, 6) is -1.47. The van der Waals surface area contributed by atoms with Gasteiger partial charge >= 0.3 is 5.97 Å². The van der Waals surface area contributed by atoms with Crippen LogP contribution in [0.5, 0.6) is 0 Å². The number of ketones is 2. The van der Waals surface area contributed by atoms with Crippen molar-refractivity contribution in [3.63, 3.8) is 0 Å². The molecule has 0 radical (unpaired) electrons. The highest BCUT2D eigenvalue weighted by atomic mass is 16.5. The molecule has 0 spiro atoms. The molecule has 1 rings (SSSR count). The molecular formula is C25H38O5. The number of ether oxygens (including phenoxy) is 2. The average molecular weight is 419 g/mol. The van der Waals surface area contributed by atoms with Crippen LogP contribution in [0.15, 0.2) is 34.8 Å². The summed E-state index contributed by atoms with van der Waals surface area (Å²) >= 11 is 0. The normalized spacial score (nSPS) is 14.8. The standard InChI is InChI=1S/C25H38O5/c1-5-6-7-8-9-10-11-12-13-14-15-16-17-18-21-23(28)24(29-4)19(2)22(27)25(21)30-20(3)26/h8-9H,5-7,10-18H2,1-4H3. The average Bonchev–Trinajstić information content (AvgIpc) is 2.71. The summed E-state index contributed by atoms with van der Waals surface area (Å²) in [7, 11) is 1.37. The van der Waals surface area contributed by atoms with E-state index in [2.05, 4.69) is 19.1 Å². The Morgan fingerprint density at radius 1 is 0.833 bits per heavy atom. The van der Waals surface area contributed by atoms with Crippen molar-refractivity contribution in [3.05, 3.63) is 34.8 Å². The van der Waals surface area contributed by atoms with Crippen LogP contribution < -0.4 is 0 Å². The summed E-state index contributed by atoms with van der Waals surface area (Å²) < 4.78 is 10.2. The largest absolute Gasteiger partial charge is 0.492 e. The van der Waals surface area contributed by atoms with Crippen LogP contribution >= 0.6 is 0 Å². The van der Waals surface area contributed by atoms with Crippen LogP contribution in [0.1, 0.15) is 97.8 Å². The monoisotopic (exact) mass is 418 g/mol. The summed E-state index contributed by atoms with van der Waals surface area (Å²) in [5.41, 5.74) is 0.440. The van der Waals surface area contributed by atoms with E-state index in [0.717, 1.165) is 19.3 Å². The van der Waals surface area contributed by atoms with Gasteiger partial charge in [0.25, 0.3) is 0 Å². The van der Waals surface area contributed by atoms with E-state index in [-0.39, 0.29) is 28.4 Å². The molecule has 0 amide bonds. The topological polar surface area (TPSA) is 69.7 Å². The molecule has 0 saturated carbocycles. The van der Waals surface area contributed by atoms with Crippen molar-refractivity contribution < 1.29 is 23.9 Å². The molecule has 0 aromatic rings. The van der Waals surface area contributed by atoms with Crippen LogP contribution in [0, 0.1) is 0 Å². The first-order chi connectivity index (χ1) is 14.4. The van der Waals surface area contributed by atoms with Gasteiger partial charge in [0.05, 0.1) is 12.7 Å². The molecule has 0 fully saturated rings. The third-order valence-corrected chi connectivity index (χ3v) is 5.28. The summed E-state index contributed by atoms with van der Waals surface area (Å²) in [6.07, 6.45) is 17.6. The molecule has 0 N–H and O–H groups in total. The molecular weight excluding hydrogens is 380 g/mol. The van der Waals surface area contributed by atoms with E-state index < -0.39 is 11.8 Å². The number of hydrogen-bond acceptors (Lipinski definition) is 5. The zero-order chi connectivity index (χ0) is 22.4. The minimum absolute atomic E-state index is 0.0506. The fourth-order valence-corrected chi connectivity index (χ4v) is 3.55. The number of esters is 1. The van der Waals surface area contributed by atoms with Crippen LogP contribution in [0.3, 0.4) is 0 Å². The third-order valence-electron chi connectivity index (χ3n) is 5.28. The number of rotatable bonds is 15. The van der Waals surface area contributed by atoms with Crippen LogP contribution in [0.25, 0.3) is 0 Å². The Kier molecular flexibility index (Phi) is 12.7. The Labute approximate surface area is 181 Å². The smallest absolute Gasteiger partial charge is 0.308 e. The number of unbranched alkanes of at least 4 members (excludes halogenated alkanes) is 9. The molecule has 0 aromatic carbocycles. The maximum atomic E-state index is 12.7. The SMILES string of the molecule is CCCCC=CCCCCCCCCCC1=C(OC(C)=O)C(=O)C(C)=C(OC)C1=O. The van der Waals surface area contributed by atoms with Gasteiger partial charge in [-0.15, -0.1) is 0 Å². The number of hydrogen-bond donors (Lipinski definition) is 0. The minimum atomic E-state index is -0.600. The lowest BCUT2D eigenvalue weighted by atomic mass is 9.90. The first-order valence-electron chi connectivity index (χ1n) is 11.3. The number of allylic oxidation sites excluding steroid dienone is 4. The lowest BCUT2D eigenvalue weighted by Crippen LogP contribution is -2.26. The fourth-order valence-electron chi connectivity index (χ4n) is 3.55. The second kappa shape index (κ2) is 14.8. The zero-order valence-electron chi connectivity index (χ0n) is 19.2. The van der Waals surface area contributed by atoms with E-state index in [1.165, 1.54) is 72.3 Å². The predicted octanol–water partition coefficient (Wildman–Crippen LogP) is 6.13. The quantitative estimate of drug-likeness (QED) is 0.138. The summed E-state index contributed by atoms with van der Waals surface area (Å²) in [5, 5.41) is 0. The van der Waals surface area contributed by atoms with Gasteiger partial charge in [-0.25, -0.2) is 0 Å². The van der Waals surface area contributed by atoms with Crippen LogP contribution in [-0.2, 0) is 23.9 Å². The Morgan fingerprint density at radius 3 is 1.97 bits per heavy atom. The maximum absolute atomic E-state index is 12.7. The van der Waals surface area contributed by atoms with Crippen molar-refractivity contribution in [2.75, 3.05) is 7.11 Å². The second-order valence-electron chi connectivity index (χ2n) is 7.84. The van der Waals surface area contributed by atoms with Crippen molar-refractivity contribution in [1.29, 1.82) is 0 Å². The molecule has 1 aliphatic carbocycles. The van der Waals surface area contributed by atoms with Gasteiger partial charge in [-0.2, -0.15) is 0 Å². The molecule has 0 unspecified atom stereocenters. The predicted molar refractivity (Wildman–Crippen MR) is 119 cm³/mol. The highest BCUT2D eigenvalue weighted by molar-refractivity contribution is 6.23. The minimum Gasteiger partial charge on any atom is -0.492 e. The lowest BCUT2D eigenvalue weighted by Gasteiger charge is -2.20. The highest BCUT2D eigenvalue weighted by Gasteiger charge is 2.35. The van der Waals surface area contributed by atoms with Crippen LogP contribution in [0.4, 0.5) is 0 Å². The van der Waals surface area contributed by atoms with Gasteiger partial charge in [0.2, 0.25) is 11.6 Å². The summed E-state index contributed by atoms with van der Waals surface area (Å²) in [6.45, 7) is 4.96. The highest BCUT2D eigenvalue weighted by Crippen LogP contribution is 2.29. The maximum Gasteiger partial charge on any atom is 0.308 e. The lowest BCUT2D eigenvalue weighted by molar-refractivity contribution is -0.140. The first-order valence-corrected chi connectivity index (χ1v) is 11.3. The molecule has 0 aliphatic heterocycles. The van der Waals surface area contributed by atoms with Gasteiger partial charge in [-0.3, -0.25) is 14.4 Å².